The van der Waals surface area contributed by atoms with Crippen LogP contribution in [0.5, 0.6) is 0 Å². The Bertz CT molecular complexity index is 747. The van der Waals surface area contributed by atoms with Crippen LogP contribution in [-0.2, 0) is 37.5 Å². The molecule has 2 atom stereocenters. The van der Waals surface area contributed by atoms with Crippen LogP contribution in [0.25, 0.3) is 0 Å². The van der Waals surface area contributed by atoms with E-state index in [2.05, 4.69) is 23.6 Å². The average Bonchev–Trinajstić information content (AvgIpc) is 2.91. The van der Waals surface area contributed by atoms with Crippen LogP contribution in [0.1, 0.15) is 116 Å². The zero-order chi connectivity index (χ0) is 29.9. The van der Waals surface area contributed by atoms with Crippen molar-refractivity contribution in [3.8, 4) is 0 Å². The third-order valence-electron chi connectivity index (χ3n) is 5.94. The van der Waals surface area contributed by atoms with Crippen molar-refractivity contribution in [2.24, 2.45) is 5.73 Å². The molecule has 4 N–H and O–H groups in total. The molecule has 0 aliphatic heterocycles. The number of hydrogen-bond donors (Lipinski definition) is 3. The van der Waals surface area contributed by atoms with E-state index in [1.807, 2.05) is 0 Å². The molecule has 12 heteroatoms. The molecule has 0 aromatic carbocycles. The zero-order valence-corrected chi connectivity index (χ0v) is 25.2. The summed E-state index contributed by atoms with van der Waals surface area (Å²) in [5, 5.41) is 8.69. The maximum atomic E-state index is 12.1. The maximum absolute atomic E-state index is 12.1. The highest BCUT2D eigenvalue weighted by molar-refractivity contribution is 7.47. The van der Waals surface area contributed by atoms with Crippen molar-refractivity contribution in [1.82, 2.24) is 0 Å². The molecule has 234 valence electrons. The van der Waals surface area contributed by atoms with Crippen LogP contribution in [0, 0.1) is 0 Å². The Morgan fingerprint density at radius 1 is 0.775 bits per heavy atom. The van der Waals surface area contributed by atoms with Gasteiger partial charge in [0.2, 0.25) is 0 Å². The van der Waals surface area contributed by atoms with Gasteiger partial charge >= 0.3 is 25.7 Å². The van der Waals surface area contributed by atoms with Crippen LogP contribution in [0.2, 0.25) is 0 Å². The Hall–Kier alpha value is -1.78. The van der Waals surface area contributed by atoms with E-state index in [0.29, 0.717) is 6.42 Å². The van der Waals surface area contributed by atoms with Gasteiger partial charge in [-0.1, -0.05) is 70.4 Å². The van der Waals surface area contributed by atoms with Crippen LogP contribution in [0.4, 0.5) is 0 Å². The number of nitrogens with two attached hydrogens (primary N) is 1. The number of ether oxygens (including phenoxy) is 2. The number of carboxylic acids is 1. The normalized spacial score (nSPS) is 13.7. The van der Waals surface area contributed by atoms with E-state index in [1.54, 1.807) is 0 Å². The average molecular weight is 594 g/mol. The van der Waals surface area contributed by atoms with Crippen LogP contribution in [-0.4, -0.2) is 60.4 Å². The minimum Gasteiger partial charge on any atom is -0.481 e. The highest BCUT2D eigenvalue weighted by atomic mass is 31.2. The molecule has 1 unspecified atom stereocenters. The van der Waals surface area contributed by atoms with Crippen molar-refractivity contribution in [2.75, 3.05) is 26.4 Å². The first kappa shape index (κ1) is 38.2. The minimum atomic E-state index is -4.43. The van der Waals surface area contributed by atoms with Crippen molar-refractivity contribution >= 4 is 25.7 Å². The van der Waals surface area contributed by atoms with Gasteiger partial charge in [0.05, 0.1) is 13.2 Å². The van der Waals surface area contributed by atoms with E-state index < -0.39 is 38.4 Å². The van der Waals surface area contributed by atoms with Crippen LogP contribution < -0.4 is 5.73 Å². The van der Waals surface area contributed by atoms with Gasteiger partial charge in [0.25, 0.3) is 0 Å². The predicted octanol–water partition coefficient (Wildman–Crippen LogP) is 5.83. The number of aliphatic carboxylic acids is 1. The fraction of sp³-hybridized carbons (Fsp3) is 0.821. The SMILES string of the molecule is CCCCCCCC/C=C\CCCCCCCC(=O)OC[C@H](COP(=O)(O)OCCN)OC(=O)CCCC(=O)O. The topological polar surface area (TPSA) is 172 Å². The lowest BCUT2D eigenvalue weighted by Crippen LogP contribution is -2.29. The molecular formula is C28H52NO10P. The quantitative estimate of drug-likeness (QED) is 0.0431. The number of unbranched alkanes of at least 4 members (excludes halogenated alkanes) is 11. The molecule has 0 bridgehead atoms. The van der Waals surface area contributed by atoms with E-state index in [4.69, 9.17) is 24.8 Å². The first-order valence-electron chi connectivity index (χ1n) is 14.7. The molecule has 0 saturated carbocycles. The predicted molar refractivity (Wildman–Crippen MR) is 153 cm³/mol. The van der Waals surface area contributed by atoms with E-state index >= 15 is 0 Å². The Kier molecular flexibility index (Phi) is 25.0. The second-order valence-corrected chi connectivity index (χ2v) is 11.2. The molecule has 0 heterocycles. The number of phosphoric ester groups is 1. The van der Waals surface area contributed by atoms with Gasteiger partial charge in [-0.05, 0) is 38.5 Å². The second-order valence-electron chi connectivity index (χ2n) is 9.76. The second kappa shape index (κ2) is 26.1. The summed E-state index contributed by atoms with van der Waals surface area (Å²) in [4.78, 5) is 44.4. The summed E-state index contributed by atoms with van der Waals surface area (Å²) in [6.45, 7) is 1.10. The number of carboxylic acid groups (broad SMARTS) is 1. The third kappa shape index (κ3) is 26.4. The van der Waals surface area contributed by atoms with Crippen molar-refractivity contribution < 1.29 is 47.5 Å². The van der Waals surface area contributed by atoms with Gasteiger partial charge < -0.3 is 25.2 Å². The first-order chi connectivity index (χ1) is 19.2. The number of carbonyl (C=O) groups excluding carboxylic acids is 2. The number of rotatable bonds is 28. The standard InChI is InChI=1S/C28H52NO10P/c1-2-3-4-5-6-7-8-9-10-11-12-13-14-15-16-19-27(32)36-23-25(24-38-40(34,35)37-22-21-29)39-28(33)20-17-18-26(30)31/h9-10,25H,2-8,11-24,29H2,1H3,(H,30,31)(H,34,35)/b10-9-/t25-/m1/s1. The van der Waals surface area contributed by atoms with Crippen molar-refractivity contribution in [3.63, 3.8) is 0 Å². The van der Waals surface area contributed by atoms with E-state index in [9.17, 15) is 23.8 Å². The lowest BCUT2D eigenvalue weighted by molar-refractivity contribution is -0.161. The van der Waals surface area contributed by atoms with Crippen LogP contribution in [0.3, 0.4) is 0 Å². The summed E-state index contributed by atoms with van der Waals surface area (Å²) >= 11 is 0. The van der Waals surface area contributed by atoms with E-state index in [1.165, 1.54) is 38.5 Å². The van der Waals surface area contributed by atoms with Gasteiger partial charge in [-0.15, -0.1) is 0 Å². The molecule has 0 spiro atoms. The number of esters is 2. The Balaban J connectivity index is 4.16. The van der Waals surface area contributed by atoms with Crippen molar-refractivity contribution in [2.45, 2.75) is 122 Å². The molecule has 0 rings (SSSR count). The molecule has 0 radical (unpaired) electrons. The molecule has 0 aromatic heterocycles. The monoisotopic (exact) mass is 593 g/mol. The molecule has 11 nitrogen and oxygen atoms in total. The largest absolute Gasteiger partial charge is 0.481 e. The third-order valence-corrected chi connectivity index (χ3v) is 6.92. The van der Waals surface area contributed by atoms with Gasteiger partial charge in [-0.25, -0.2) is 4.57 Å². The molecule has 0 aromatic rings. The fourth-order valence-electron chi connectivity index (χ4n) is 3.73. The molecular weight excluding hydrogens is 541 g/mol. The van der Waals surface area contributed by atoms with Crippen molar-refractivity contribution in [3.05, 3.63) is 12.2 Å². The molecule has 0 saturated heterocycles. The number of allylic oxidation sites excluding steroid dienone is 2. The number of carbonyl (C=O) groups is 3. The fourth-order valence-corrected chi connectivity index (χ4v) is 4.49. The molecule has 40 heavy (non-hydrogen) atoms. The summed E-state index contributed by atoms with van der Waals surface area (Å²) < 4.78 is 31.7. The maximum Gasteiger partial charge on any atom is 0.472 e. The van der Waals surface area contributed by atoms with Gasteiger partial charge in [-0.2, -0.15) is 0 Å². The summed E-state index contributed by atoms with van der Waals surface area (Å²) in [6.07, 6.45) is 18.2. The van der Waals surface area contributed by atoms with Crippen LogP contribution >= 0.6 is 7.82 Å². The van der Waals surface area contributed by atoms with Gasteiger partial charge in [0, 0.05) is 25.8 Å². The summed E-state index contributed by atoms with van der Waals surface area (Å²) in [5.74, 6) is -2.26. The smallest absolute Gasteiger partial charge is 0.472 e. The Labute approximate surface area is 239 Å². The minimum absolute atomic E-state index is 0.00384. The lowest BCUT2D eigenvalue weighted by Gasteiger charge is -2.19. The summed E-state index contributed by atoms with van der Waals surface area (Å²) in [5.41, 5.74) is 5.24. The summed E-state index contributed by atoms with van der Waals surface area (Å²) in [7, 11) is -4.43. The van der Waals surface area contributed by atoms with E-state index in [0.717, 1.165) is 38.5 Å². The van der Waals surface area contributed by atoms with E-state index in [-0.39, 0.29) is 45.4 Å². The Morgan fingerprint density at radius 3 is 1.95 bits per heavy atom. The van der Waals surface area contributed by atoms with Gasteiger partial charge in [0.15, 0.2) is 6.10 Å². The van der Waals surface area contributed by atoms with Gasteiger partial charge in [-0.3, -0.25) is 23.4 Å². The number of hydrogen-bond acceptors (Lipinski definition) is 9. The Morgan fingerprint density at radius 2 is 1.35 bits per heavy atom. The lowest BCUT2D eigenvalue weighted by atomic mass is 10.1. The first-order valence-corrected chi connectivity index (χ1v) is 16.2. The number of phosphoric acid groups is 1. The zero-order valence-electron chi connectivity index (χ0n) is 24.3. The molecule has 0 aliphatic carbocycles. The molecule has 0 amide bonds. The van der Waals surface area contributed by atoms with Gasteiger partial charge in [0.1, 0.15) is 6.61 Å². The van der Waals surface area contributed by atoms with Crippen molar-refractivity contribution in [1.29, 1.82) is 0 Å². The van der Waals surface area contributed by atoms with Crippen LogP contribution in [0.15, 0.2) is 12.2 Å². The summed E-state index contributed by atoms with van der Waals surface area (Å²) in [6, 6.07) is 0. The highest BCUT2D eigenvalue weighted by Gasteiger charge is 2.26. The highest BCUT2D eigenvalue weighted by Crippen LogP contribution is 2.43. The molecule has 0 fully saturated rings. The molecule has 0 aliphatic rings.